The summed E-state index contributed by atoms with van der Waals surface area (Å²) in [4.78, 5) is 0. The highest BCUT2D eigenvalue weighted by molar-refractivity contribution is 7.17. The van der Waals surface area contributed by atoms with Crippen molar-refractivity contribution in [3.8, 4) is 0 Å². The predicted molar refractivity (Wildman–Crippen MR) is 42.5 cm³/mol. The standard InChI is InChI=1S/C7H14FO2P/c1-5(8)7(3,4)6(2)10-11-9/h5-6H,1-4H3. The summed E-state index contributed by atoms with van der Waals surface area (Å²) in [7, 11) is -0.387. The quantitative estimate of drug-likeness (QED) is 0.621. The number of alkyl halides is 1. The van der Waals surface area contributed by atoms with Crippen LogP contribution in [0.4, 0.5) is 4.39 Å². The van der Waals surface area contributed by atoms with Gasteiger partial charge in [-0.2, -0.15) is 0 Å². The van der Waals surface area contributed by atoms with E-state index in [0.29, 0.717) is 0 Å². The Morgan fingerprint density at radius 3 is 2.18 bits per heavy atom. The highest BCUT2D eigenvalue weighted by atomic mass is 31.1. The van der Waals surface area contributed by atoms with Crippen LogP contribution >= 0.6 is 8.69 Å². The maximum absolute atomic E-state index is 12.9. The summed E-state index contributed by atoms with van der Waals surface area (Å²) in [5.74, 6) is 0. The van der Waals surface area contributed by atoms with Crippen LogP contribution in [0, 0.1) is 5.41 Å². The van der Waals surface area contributed by atoms with Crippen LogP contribution in [0.1, 0.15) is 27.7 Å². The van der Waals surface area contributed by atoms with Gasteiger partial charge in [-0.1, -0.05) is 13.8 Å². The van der Waals surface area contributed by atoms with Gasteiger partial charge in [0.15, 0.2) is 0 Å². The Morgan fingerprint density at radius 2 is 1.91 bits per heavy atom. The Hall–Kier alpha value is -0.0100. The highest BCUT2D eigenvalue weighted by Crippen LogP contribution is 2.31. The smallest absolute Gasteiger partial charge is 0.291 e. The molecule has 0 aliphatic carbocycles. The number of hydrogen-bond acceptors (Lipinski definition) is 2. The SMILES string of the molecule is CC(F)C(C)(C)C(C)OP=O. The zero-order valence-corrected chi connectivity index (χ0v) is 8.19. The average molecular weight is 180 g/mol. The Bertz CT molecular complexity index is 136. The van der Waals surface area contributed by atoms with Crippen molar-refractivity contribution in [1.82, 2.24) is 0 Å². The van der Waals surface area contributed by atoms with E-state index in [4.69, 9.17) is 4.52 Å². The van der Waals surface area contributed by atoms with Gasteiger partial charge in [0.25, 0.3) is 0 Å². The lowest BCUT2D eigenvalue weighted by atomic mass is 9.83. The van der Waals surface area contributed by atoms with Crippen molar-refractivity contribution in [2.24, 2.45) is 5.41 Å². The van der Waals surface area contributed by atoms with Gasteiger partial charge >= 0.3 is 8.69 Å². The molecule has 66 valence electrons. The van der Waals surface area contributed by atoms with Crippen molar-refractivity contribution in [1.29, 1.82) is 0 Å². The summed E-state index contributed by atoms with van der Waals surface area (Å²) in [6, 6.07) is 0. The molecule has 11 heavy (non-hydrogen) atoms. The lowest BCUT2D eigenvalue weighted by Gasteiger charge is -2.30. The molecule has 0 saturated carbocycles. The summed E-state index contributed by atoms with van der Waals surface area (Å²) in [6.45, 7) is 6.67. The van der Waals surface area contributed by atoms with Crippen LogP contribution in [0.15, 0.2) is 0 Å². The first-order chi connectivity index (χ1) is 4.92. The summed E-state index contributed by atoms with van der Waals surface area (Å²) in [6.07, 6.45) is -1.32. The van der Waals surface area contributed by atoms with E-state index in [1.54, 1.807) is 20.8 Å². The van der Waals surface area contributed by atoms with Gasteiger partial charge in [0, 0.05) is 5.41 Å². The molecule has 0 radical (unpaired) electrons. The zero-order chi connectivity index (χ0) is 9.07. The molecule has 0 aromatic heterocycles. The zero-order valence-electron chi connectivity index (χ0n) is 7.30. The third-order valence-corrected chi connectivity index (χ3v) is 2.68. The van der Waals surface area contributed by atoms with Crippen molar-refractivity contribution in [3.63, 3.8) is 0 Å². The number of halogens is 1. The van der Waals surface area contributed by atoms with Crippen LogP contribution in [0.25, 0.3) is 0 Å². The monoisotopic (exact) mass is 180 g/mol. The molecule has 0 saturated heterocycles. The largest absolute Gasteiger partial charge is 0.327 e. The van der Waals surface area contributed by atoms with Crippen molar-refractivity contribution < 1.29 is 13.5 Å². The molecule has 0 spiro atoms. The Balaban J connectivity index is 4.16. The first-order valence-corrected chi connectivity index (χ1v) is 4.28. The lowest BCUT2D eigenvalue weighted by Crippen LogP contribution is -2.34. The predicted octanol–water partition coefficient (Wildman–Crippen LogP) is 2.98. The van der Waals surface area contributed by atoms with E-state index in [1.807, 2.05) is 0 Å². The summed E-state index contributed by atoms with van der Waals surface area (Å²) >= 11 is 0. The normalized spacial score (nSPS) is 18.3. The molecular weight excluding hydrogens is 166 g/mol. The van der Waals surface area contributed by atoms with Crippen molar-refractivity contribution >= 4 is 8.69 Å². The van der Waals surface area contributed by atoms with E-state index in [-0.39, 0.29) is 14.8 Å². The fraction of sp³-hybridized carbons (Fsp3) is 1.00. The lowest BCUT2D eigenvalue weighted by molar-refractivity contribution is 0.0343. The van der Waals surface area contributed by atoms with Gasteiger partial charge in [-0.05, 0) is 13.8 Å². The van der Waals surface area contributed by atoms with Gasteiger partial charge in [0.1, 0.15) is 6.17 Å². The van der Waals surface area contributed by atoms with Crippen LogP contribution in [0.2, 0.25) is 0 Å². The minimum atomic E-state index is -0.973. The van der Waals surface area contributed by atoms with E-state index in [0.717, 1.165) is 0 Å². The van der Waals surface area contributed by atoms with Crippen LogP contribution < -0.4 is 0 Å². The molecule has 2 unspecified atom stereocenters. The highest BCUT2D eigenvalue weighted by Gasteiger charge is 2.33. The molecule has 0 amide bonds. The van der Waals surface area contributed by atoms with Gasteiger partial charge in [0.05, 0.1) is 6.10 Å². The first kappa shape index (κ1) is 11.0. The van der Waals surface area contributed by atoms with Crippen LogP contribution in [0.3, 0.4) is 0 Å². The molecule has 0 heterocycles. The molecule has 0 bridgehead atoms. The molecule has 0 rings (SSSR count). The van der Waals surface area contributed by atoms with Gasteiger partial charge in [-0.15, -0.1) is 0 Å². The Kier molecular flexibility index (Phi) is 4.12. The van der Waals surface area contributed by atoms with E-state index in [1.165, 1.54) is 6.92 Å². The second-order valence-electron chi connectivity index (χ2n) is 3.26. The molecule has 0 aromatic rings. The average Bonchev–Trinajstić information content (AvgIpc) is 1.88. The van der Waals surface area contributed by atoms with Crippen molar-refractivity contribution in [2.45, 2.75) is 40.0 Å². The number of rotatable bonds is 4. The maximum atomic E-state index is 12.9. The minimum Gasteiger partial charge on any atom is -0.291 e. The fourth-order valence-corrected chi connectivity index (χ4v) is 0.925. The van der Waals surface area contributed by atoms with Crippen LogP contribution in [-0.2, 0) is 9.09 Å². The van der Waals surface area contributed by atoms with Crippen LogP contribution in [0.5, 0.6) is 0 Å². The Labute approximate surface area is 68.4 Å². The second kappa shape index (κ2) is 4.13. The summed E-state index contributed by atoms with van der Waals surface area (Å²) in [5.41, 5.74) is -0.586. The van der Waals surface area contributed by atoms with E-state index in [2.05, 4.69) is 0 Å². The molecule has 2 atom stereocenters. The molecule has 2 nitrogen and oxygen atoms in total. The topological polar surface area (TPSA) is 26.3 Å². The van der Waals surface area contributed by atoms with Gasteiger partial charge in [0.2, 0.25) is 0 Å². The first-order valence-electron chi connectivity index (χ1n) is 3.55. The van der Waals surface area contributed by atoms with Gasteiger partial charge in [-0.25, -0.2) is 8.96 Å². The summed E-state index contributed by atoms with van der Waals surface area (Å²) in [5, 5.41) is 0. The van der Waals surface area contributed by atoms with Crippen molar-refractivity contribution in [3.05, 3.63) is 0 Å². The van der Waals surface area contributed by atoms with Gasteiger partial charge < -0.3 is 0 Å². The Morgan fingerprint density at radius 1 is 1.45 bits per heavy atom. The molecule has 0 N–H and O–H groups in total. The van der Waals surface area contributed by atoms with Crippen LogP contribution in [-0.4, -0.2) is 12.3 Å². The van der Waals surface area contributed by atoms with Crippen molar-refractivity contribution in [2.75, 3.05) is 0 Å². The molecule has 0 aromatic carbocycles. The molecule has 0 aliphatic rings. The van der Waals surface area contributed by atoms with Gasteiger partial charge in [-0.3, -0.25) is 4.52 Å². The third kappa shape index (κ3) is 2.84. The minimum absolute atomic E-state index is 0.346. The molecule has 0 aliphatic heterocycles. The third-order valence-electron chi connectivity index (χ3n) is 2.27. The molecule has 4 heteroatoms. The summed E-state index contributed by atoms with van der Waals surface area (Å²) < 4.78 is 27.6. The maximum Gasteiger partial charge on any atom is 0.327 e. The second-order valence-corrected chi connectivity index (χ2v) is 3.62. The van der Waals surface area contributed by atoms with E-state index >= 15 is 0 Å². The van der Waals surface area contributed by atoms with E-state index < -0.39 is 11.6 Å². The number of hydrogen-bond donors (Lipinski definition) is 0. The van der Waals surface area contributed by atoms with E-state index in [9.17, 15) is 8.96 Å². The molecular formula is C7H14FO2P. The molecule has 0 fully saturated rings. The fourth-order valence-electron chi connectivity index (χ4n) is 0.524.